The van der Waals surface area contributed by atoms with E-state index in [1.165, 1.54) is 109 Å². The quantitative estimate of drug-likeness (QED) is 0.230. The summed E-state index contributed by atoms with van der Waals surface area (Å²) in [5.41, 5.74) is 0. The van der Waals surface area contributed by atoms with E-state index in [9.17, 15) is 0 Å². The molecule has 1 aliphatic heterocycles. The van der Waals surface area contributed by atoms with Crippen molar-refractivity contribution in [2.45, 2.75) is 129 Å². The van der Waals surface area contributed by atoms with Gasteiger partial charge >= 0.3 is 0 Å². The highest BCUT2D eigenvalue weighted by Crippen LogP contribution is 2.20. The van der Waals surface area contributed by atoms with Crippen molar-refractivity contribution >= 4 is 0 Å². The molecule has 0 saturated heterocycles. The first-order valence-corrected chi connectivity index (χ1v) is 12.0. The zero-order valence-corrected chi connectivity index (χ0v) is 18.4. The molecule has 1 atom stereocenters. The summed E-state index contributed by atoms with van der Waals surface area (Å²) in [5, 5.41) is 0. The summed E-state index contributed by atoms with van der Waals surface area (Å²) < 4.78 is 0. The van der Waals surface area contributed by atoms with Crippen LogP contribution in [0.3, 0.4) is 0 Å². The van der Waals surface area contributed by atoms with Gasteiger partial charge in [0.1, 0.15) is 6.17 Å². The Labute approximate surface area is 165 Å². The molecule has 0 aromatic carbocycles. The molecule has 154 valence electrons. The lowest BCUT2D eigenvalue weighted by molar-refractivity contribution is 0.167. The Morgan fingerprint density at radius 2 is 1.00 bits per heavy atom. The molecule has 1 aliphatic rings. The minimum absolute atomic E-state index is 0.617. The molecule has 0 aliphatic carbocycles. The SMILES string of the molecule is CCCCCCCCCCCCCCCCCCC1N(C)C=CN1CC. The summed E-state index contributed by atoms with van der Waals surface area (Å²) in [5.74, 6) is 0. The third-order valence-electron chi connectivity index (χ3n) is 6.03. The van der Waals surface area contributed by atoms with Gasteiger partial charge in [-0.25, -0.2) is 0 Å². The van der Waals surface area contributed by atoms with Crippen LogP contribution in [0, 0.1) is 0 Å². The Morgan fingerprint density at radius 3 is 1.42 bits per heavy atom. The van der Waals surface area contributed by atoms with Gasteiger partial charge in [-0.05, 0) is 19.8 Å². The van der Waals surface area contributed by atoms with Crippen molar-refractivity contribution in [3.8, 4) is 0 Å². The van der Waals surface area contributed by atoms with Gasteiger partial charge in [0.25, 0.3) is 0 Å². The number of unbranched alkanes of at least 4 members (excludes halogenated alkanes) is 15. The smallest absolute Gasteiger partial charge is 0.100 e. The fourth-order valence-electron chi connectivity index (χ4n) is 4.18. The Balaban J connectivity index is 1.76. The van der Waals surface area contributed by atoms with Crippen LogP contribution in [-0.2, 0) is 0 Å². The second kappa shape index (κ2) is 16.5. The van der Waals surface area contributed by atoms with Gasteiger partial charge < -0.3 is 9.80 Å². The molecule has 0 saturated carbocycles. The van der Waals surface area contributed by atoms with Crippen LogP contribution in [0.15, 0.2) is 12.4 Å². The first kappa shape index (κ1) is 23.4. The topological polar surface area (TPSA) is 6.48 Å². The molecule has 2 nitrogen and oxygen atoms in total. The second-order valence-corrected chi connectivity index (χ2v) is 8.37. The maximum atomic E-state index is 2.46. The highest BCUT2D eigenvalue weighted by molar-refractivity contribution is 4.94. The van der Waals surface area contributed by atoms with E-state index in [0.717, 1.165) is 6.54 Å². The zero-order valence-electron chi connectivity index (χ0n) is 18.4. The van der Waals surface area contributed by atoms with Crippen LogP contribution in [0.5, 0.6) is 0 Å². The maximum Gasteiger partial charge on any atom is 0.100 e. The zero-order chi connectivity index (χ0) is 18.9. The molecular formula is C24H48N2. The van der Waals surface area contributed by atoms with Crippen molar-refractivity contribution in [2.24, 2.45) is 0 Å². The van der Waals surface area contributed by atoms with Gasteiger partial charge in [-0.3, -0.25) is 0 Å². The lowest BCUT2D eigenvalue weighted by Gasteiger charge is -2.29. The van der Waals surface area contributed by atoms with Crippen LogP contribution in [0.2, 0.25) is 0 Å². The van der Waals surface area contributed by atoms with Crippen LogP contribution in [-0.4, -0.2) is 29.6 Å². The van der Waals surface area contributed by atoms with Crippen molar-refractivity contribution in [1.29, 1.82) is 0 Å². The van der Waals surface area contributed by atoms with E-state index in [4.69, 9.17) is 0 Å². The van der Waals surface area contributed by atoms with E-state index in [1.54, 1.807) is 0 Å². The van der Waals surface area contributed by atoms with Gasteiger partial charge in [0.15, 0.2) is 0 Å². The summed E-state index contributed by atoms with van der Waals surface area (Å²) in [6.07, 6.45) is 29.6. The van der Waals surface area contributed by atoms with Crippen LogP contribution in [0.25, 0.3) is 0 Å². The third kappa shape index (κ3) is 11.1. The largest absolute Gasteiger partial charge is 0.359 e. The van der Waals surface area contributed by atoms with E-state index in [0.29, 0.717) is 6.17 Å². The molecule has 0 radical (unpaired) electrons. The molecule has 0 amide bonds. The molecule has 0 N–H and O–H groups in total. The van der Waals surface area contributed by atoms with Gasteiger partial charge in [-0.15, -0.1) is 0 Å². The van der Waals surface area contributed by atoms with E-state index in [1.807, 2.05) is 0 Å². The first-order chi connectivity index (χ1) is 12.8. The molecule has 1 heterocycles. The molecular weight excluding hydrogens is 316 g/mol. The Bertz CT molecular complexity index is 326. The molecule has 0 bridgehead atoms. The van der Waals surface area contributed by atoms with E-state index in [2.05, 4.69) is 43.1 Å². The summed E-state index contributed by atoms with van der Waals surface area (Å²) in [7, 11) is 2.21. The highest BCUT2D eigenvalue weighted by Gasteiger charge is 2.21. The van der Waals surface area contributed by atoms with Crippen molar-refractivity contribution in [1.82, 2.24) is 9.80 Å². The summed E-state index contributed by atoms with van der Waals surface area (Å²) >= 11 is 0. The number of hydrogen-bond donors (Lipinski definition) is 0. The van der Waals surface area contributed by atoms with Gasteiger partial charge in [0.05, 0.1) is 0 Å². The fraction of sp³-hybridized carbons (Fsp3) is 0.917. The summed E-state index contributed by atoms with van der Waals surface area (Å²) in [6, 6.07) is 0. The van der Waals surface area contributed by atoms with Crippen molar-refractivity contribution in [3.63, 3.8) is 0 Å². The fourth-order valence-corrected chi connectivity index (χ4v) is 4.18. The van der Waals surface area contributed by atoms with Crippen molar-refractivity contribution in [2.75, 3.05) is 13.6 Å². The van der Waals surface area contributed by atoms with Gasteiger partial charge in [0, 0.05) is 26.0 Å². The third-order valence-corrected chi connectivity index (χ3v) is 6.03. The number of hydrogen-bond acceptors (Lipinski definition) is 2. The van der Waals surface area contributed by atoms with E-state index < -0.39 is 0 Å². The summed E-state index contributed by atoms with van der Waals surface area (Å²) in [4.78, 5) is 4.83. The van der Waals surface area contributed by atoms with Gasteiger partial charge in [-0.2, -0.15) is 0 Å². The van der Waals surface area contributed by atoms with Gasteiger partial charge in [0.2, 0.25) is 0 Å². The Hall–Kier alpha value is -0.660. The minimum atomic E-state index is 0.617. The normalized spacial score (nSPS) is 16.8. The number of rotatable bonds is 18. The average Bonchev–Trinajstić information content (AvgIpc) is 3.01. The molecule has 0 spiro atoms. The second-order valence-electron chi connectivity index (χ2n) is 8.37. The van der Waals surface area contributed by atoms with Crippen molar-refractivity contribution < 1.29 is 0 Å². The molecule has 0 aromatic heterocycles. The van der Waals surface area contributed by atoms with E-state index >= 15 is 0 Å². The molecule has 26 heavy (non-hydrogen) atoms. The lowest BCUT2D eigenvalue weighted by atomic mass is 10.0. The summed E-state index contributed by atoms with van der Waals surface area (Å²) in [6.45, 7) is 5.68. The minimum Gasteiger partial charge on any atom is -0.359 e. The average molecular weight is 365 g/mol. The molecule has 2 heteroatoms. The number of nitrogens with zero attached hydrogens (tertiary/aromatic N) is 2. The monoisotopic (exact) mass is 364 g/mol. The van der Waals surface area contributed by atoms with Gasteiger partial charge in [-0.1, -0.05) is 103 Å². The highest BCUT2D eigenvalue weighted by atomic mass is 15.4. The lowest BCUT2D eigenvalue weighted by Crippen LogP contribution is -2.36. The maximum absolute atomic E-state index is 2.46. The van der Waals surface area contributed by atoms with E-state index in [-0.39, 0.29) is 0 Å². The Kier molecular flexibility index (Phi) is 14.8. The van der Waals surface area contributed by atoms with Crippen molar-refractivity contribution in [3.05, 3.63) is 12.4 Å². The predicted octanol–water partition coefficient (Wildman–Crippen LogP) is 7.70. The van der Waals surface area contributed by atoms with Crippen LogP contribution in [0.1, 0.15) is 123 Å². The van der Waals surface area contributed by atoms with Crippen LogP contribution < -0.4 is 0 Å². The van der Waals surface area contributed by atoms with Crippen LogP contribution >= 0.6 is 0 Å². The first-order valence-electron chi connectivity index (χ1n) is 12.0. The standard InChI is InChI=1S/C24H48N2/c1-4-6-7-8-9-10-11-12-13-14-15-16-17-18-19-20-21-24-25(3)22-23-26(24)5-2/h22-24H,4-21H2,1-3H3. The predicted molar refractivity (Wildman–Crippen MR) is 117 cm³/mol. The molecule has 0 aromatic rings. The Morgan fingerprint density at radius 1 is 0.577 bits per heavy atom. The molecule has 1 unspecified atom stereocenters. The molecule has 1 rings (SSSR count). The molecule has 0 fully saturated rings. The van der Waals surface area contributed by atoms with Crippen LogP contribution in [0.4, 0.5) is 0 Å².